The fourth-order valence-corrected chi connectivity index (χ4v) is 3.47. The molecule has 3 aromatic carbocycles. The number of unbranched alkanes of at least 4 members (excludes halogenated alkanes) is 1. The predicted octanol–water partition coefficient (Wildman–Crippen LogP) is 4.60. The van der Waals surface area contributed by atoms with Crippen molar-refractivity contribution >= 4 is 35.3 Å². The molecule has 3 aromatic rings. The van der Waals surface area contributed by atoms with Gasteiger partial charge in [0.15, 0.2) is 18.1 Å². The van der Waals surface area contributed by atoms with Crippen LogP contribution < -0.4 is 30.3 Å². The van der Waals surface area contributed by atoms with Crippen LogP contribution in [-0.2, 0) is 14.4 Å². The number of anilines is 2. The summed E-state index contributed by atoms with van der Waals surface area (Å²) < 4.78 is 16.6. The molecule has 40 heavy (non-hydrogen) atoms. The quantitative estimate of drug-likeness (QED) is 0.132. The lowest BCUT2D eigenvalue weighted by atomic mass is 10.1. The van der Waals surface area contributed by atoms with Crippen LogP contribution in [0.2, 0.25) is 0 Å². The summed E-state index contributed by atoms with van der Waals surface area (Å²) in [5, 5.41) is 9.18. The Morgan fingerprint density at radius 2 is 1.68 bits per heavy atom. The van der Waals surface area contributed by atoms with Crippen LogP contribution in [-0.4, -0.2) is 44.3 Å². The summed E-state index contributed by atoms with van der Waals surface area (Å²) in [6, 6.07) is 17.3. The number of nitrogens with zero attached hydrogens (tertiary/aromatic N) is 1. The Morgan fingerprint density at radius 1 is 0.900 bits per heavy atom. The van der Waals surface area contributed by atoms with E-state index in [0.717, 1.165) is 29.7 Å². The van der Waals surface area contributed by atoms with E-state index in [1.165, 1.54) is 13.3 Å². The van der Waals surface area contributed by atoms with E-state index in [1.54, 1.807) is 42.5 Å². The maximum absolute atomic E-state index is 12.4. The van der Waals surface area contributed by atoms with Gasteiger partial charge >= 0.3 is 11.8 Å². The minimum Gasteiger partial charge on any atom is -0.494 e. The summed E-state index contributed by atoms with van der Waals surface area (Å²) in [7, 11) is 1.47. The van der Waals surface area contributed by atoms with Gasteiger partial charge in [0, 0.05) is 11.4 Å². The minimum absolute atomic E-state index is 0.211. The molecule has 0 fully saturated rings. The number of methoxy groups -OCH3 is 1. The Balaban J connectivity index is 1.49. The van der Waals surface area contributed by atoms with Crippen molar-refractivity contribution in [3.8, 4) is 17.2 Å². The molecular formula is C30H34N4O6. The van der Waals surface area contributed by atoms with Crippen LogP contribution in [0, 0.1) is 13.8 Å². The molecule has 3 amide bonds. The maximum atomic E-state index is 12.4. The molecule has 0 saturated heterocycles. The molecule has 10 nitrogen and oxygen atoms in total. The first-order valence-corrected chi connectivity index (χ1v) is 12.8. The molecule has 0 aromatic heterocycles. The van der Waals surface area contributed by atoms with Gasteiger partial charge in [0.05, 0.1) is 19.9 Å². The molecule has 0 aliphatic carbocycles. The highest BCUT2D eigenvalue weighted by atomic mass is 16.5. The van der Waals surface area contributed by atoms with Crippen molar-refractivity contribution in [3.63, 3.8) is 0 Å². The SMILES string of the molecule is CCCCOc1ccc(NC(=O)C(=O)N/N=C\c2ccc(OCC(=O)Nc3cccc(C)c3C)c(OC)c2)cc1. The van der Waals surface area contributed by atoms with Crippen LogP contribution in [0.4, 0.5) is 11.4 Å². The van der Waals surface area contributed by atoms with Gasteiger partial charge in [-0.05, 0) is 85.5 Å². The summed E-state index contributed by atoms with van der Waals surface area (Å²) in [6.45, 7) is 6.40. The van der Waals surface area contributed by atoms with Crippen LogP contribution in [0.5, 0.6) is 17.2 Å². The molecule has 0 saturated carbocycles. The third-order valence-electron chi connectivity index (χ3n) is 5.89. The van der Waals surface area contributed by atoms with Crippen molar-refractivity contribution in [2.45, 2.75) is 33.6 Å². The zero-order valence-electron chi connectivity index (χ0n) is 23.1. The molecule has 0 heterocycles. The summed E-state index contributed by atoms with van der Waals surface area (Å²) in [6.07, 6.45) is 3.35. The first-order chi connectivity index (χ1) is 19.3. The Labute approximate surface area is 233 Å². The molecule has 0 unspecified atom stereocenters. The molecule has 0 atom stereocenters. The van der Waals surface area contributed by atoms with Crippen LogP contribution in [0.1, 0.15) is 36.5 Å². The highest BCUT2D eigenvalue weighted by Crippen LogP contribution is 2.27. The van der Waals surface area contributed by atoms with Gasteiger partial charge in [-0.2, -0.15) is 5.10 Å². The topological polar surface area (TPSA) is 127 Å². The molecule has 210 valence electrons. The zero-order valence-corrected chi connectivity index (χ0v) is 23.1. The summed E-state index contributed by atoms with van der Waals surface area (Å²) >= 11 is 0. The average Bonchev–Trinajstić information content (AvgIpc) is 2.95. The van der Waals surface area contributed by atoms with Crippen molar-refractivity contribution in [1.82, 2.24) is 5.43 Å². The Hall–Kier alpha value is -4.86. The molecule has 10 heteroatoms. The van der Waals surface area contributed by atoms with Gasteiger partial charge in [-0.25, -0.2) is 5.43 Å². The highest BCUT2D eigenvalue weighted by Gasteiger charge is 2.13. The number of carbonyl (C=O) groups is 3. The van der Waals surface area contributed by atoms with Crippen molar-refractivity contribution in [1.29, 1.82) is 0 Å². The minimum atomic E-state index is -0.929. The van der Waals surface area contributed by atoms with E-state index in [4.69, 9.17) is 14.2 Å². The van der Waals surface area contributed by atoms with Gasteiger partial charge in [-0.3, -0.25) is 14.4 Å². The lowest BCUT2D eigenvalue weighted by Crippen LogP contribution is -2.32. The average molecular weight is 547 g/mol. The maximum Gasteiger partial charge on any atom is 0.329 e. The van der Waals surface area contributed by atoms with Gasteiger partial charge in [0.25, 0.3) is 5.91 Å². The van der Waals surface area contributed by atoms with Crippen molar-refractivity contribution in [2.24, 2.45) is 5.10 Å². The van der Waals surface area contributed by atoms with E-state index < -0.39 is 11.8 Å². The number of amides is 3. The Kier molecular flexibility index (Phi) is 11.1. The smallest absolute Gasteiger partial charge is 0.329 e. The predicted molar refractivity (Wildman–Crippen MR) is 154 cm³/mol. The number of hydrogen-bond donors (Lipinski definition) is 3. The first kappa shape index (κ1) is 29.7. The van der Waals surface area contributed by atoms with Crippen LogP contribution >= 0.6 is 0 Å². The van der Waals surface area contributed by atoms with Crippen molar-refractivity contribution in [3.05, 3.63) is 77.4 Å². The van der Waals surface area contributed by atoms with Crippen LogP contribution in [0.15, 0.2) is 65.8 Å². The normalized spacial score (nSPS) is 10.6. The fraction of sp³-hybridized carbons (Fsp3) is 0.267. The number of aryl methyl sites for hydroxylation is 1. The van der Waals surface area contributed by atoms with E-state index in [2.05, 4.69) is 28.1 Å². The van der Waals surface area contributed by atoms with E-state index in [0.29, 0.717) is 35.1 Å². The van der Waals surface area contributed by atoms with Gasteiger partial charge in [0.2, 0.25) is 0 Å². The summed E-state index contributed by atoms with van der Waals surface area (Å²) in [5.41, 5.74) is 6.01. The third kappa shape index (κ3) is 8.87. The van der Waals surface area contributed by atoms with Crippen LogP contribution in [0.3, 0.4) is 0 Å². The van der Waals surface area contributed by atoms with Gasteiger partial charge in [-0.15, -0.1) is 0 Å². The fourth-order valence-electron chi connectivity index (χ4n) is 3.47. The molecule has 0 bridgehead atoms. The monoisotopic (exact) mass is 546 g/mol. The standard InChI is InChI=1S/C30H34N4O6/c1-5-6-16-39-24-13-11-23(12-14-24)32-29(36)30(37)34-31-18-22-10-15-26(27(17-22)38-4)40-19-28(35)33-25-9-7-8-20(2)21(25)3/h7-15,17-18H,5-6,16,19H2,1-4H3,(H,32,36)(H,33,35)(H,34,37)/b31-18-. The third-order valence-corrected chi connectivity index (χ3v) is 5.89. The number of benzene rings is 3. The second-order valence-corrected chi connectivity index (χ2v) is 8.87. The summed E-state index contributed by atoms with van der Waals surface area (Å²) in [4.78, 5) is 36.7. The lowest BCUT2D eigenvalue weighted by molar-refractivity contribution is -0.136. The number of ether oxygens (including phenoxy) is 3. The number of hydrazone groups is 1. The summed E-state index contributed by atoms with van der Waals surface area (Å²) in [5.74, 6) is -0.680. The van der Waals surface area contributed by atoms with E-state index in [1.807, 2.05) is 32.0 Å². The van der Waals surface area contributed by atoms with Gasteiger partial charge in [0.1, 0.15) is 5.75 Å². The molecule has 3 N–H and O–H groups in total. The van der Waals surface area contributed by atoms with E-state index >= 15 is 0 Å². The first-order valence-electron chi connectivity index (χ1n) is 12.8. The van der Waals surface area contributed by atoms with Crippen LogP contribution in [0.25, 0.3) is 0 Å². The molecular weight excluding hydrogens is 512 g/mol. The second kappa shape index (κ2) is 14.9. The van der Waals surface area contributed by atoms with Gasteiger partial charge < -0.3 is 24.8 Å². The number of hydrogen-bond acceptors (Lipinski definition) is 7. The van der Waals surface area contributed by atoms with E-state index in [9.17, 15) is 14.4 Å². The molecule has 3 rings (SSSR count). The highest BCUT2D eigenvalue weighted by molar-refractivity contribution is 6.39. The van der Waals surface area contributed by atoms with E-state index in [-0.39, 0.29) is 12.5 Å². The molecule has 0 radical (unpaired) electrons. The van der Waals surface area contributed by atoms with Crippen molar-refractivity contribution in [2.75, 3.05) is 31.0 Å². The molecule has 0 aliphatic heterocycles. The number of rotatable bonds is 12. The largest absolute Gasteiger partial charge is 0.494 e. The molecule has 0 spiro atoms. The Bertz CT molecular complexity index is 1350. The zero-order chi connectivity index (χ0) is 28.9. The number of nitrogens with one attached hydrogen (secondary N) is 3. The Morgan fingerprint density at radius 3 is 2.40 bits per heavy atom. The second-order valence-electron chi connectivity index (χ2n) is 8.87. The number of carbonyl (C=O) groups excluding carboxylic acids is 3. The lowest BCUT2D eigenvalue weighted by Gasteiger charge is -2.13. The molecule has 0 aliphatic rings. The van der Waals surface area contributed by atoms with Gasteiger partial charge in [-0.1, -0.05) is 25.5 Å². The van der Waals surface area contributed by atoms with Crippen molar-refractivity contribution < 1.29 is 28.6 Å².